The van der Waals surface area contributed by atoms with Gasteiger partial charge >= 0.3 is 0 Å². The zero-order valence-corrected chi connectivity index (χ0v) is 14.4. The second-order valence-electron chi connectivity index (χ2n) is 6.91. The molecule has 4 rings (SSSR count). The normalized spacial score (nSPS) is 20.6. The van der Waals surface area contributed by atoms with E-state index in [1.807, 2.05) is 6.07 Å². The van der Waals surface area contributed by atoms with Gasteiger partial charge in [-0.05, 0) is 49.3 Å². The zero-order chi connectivity index (χ0) is 16.9. The molecule has 2 aromatic heterocycles. The number of H-pyrrole nitrogens is 1. The molecule has 0 saturated heterocycles. The number of nitrogens with zero attached hydrogens (tertiary/aromatic N) is 2. The van der Waals surface area contributed by atoms with Crippen molar-refractivity contribution in [1.82, 2.24) is 20.3 Å². The summed E-state index contributed by atoms with van der Waals surface area (Å²) in [6.45, 7) is 1.91. The largest absolute Gasteiger partial charge is 0.361 e. The van der Waals surface area contributed by atoms with Crippen LogP contribution in [0, 0.1) is 5.92 Å². The Morgan fingerprint density at radius 3 is 2.64 bits per heavy atom. The Hall–Kier alpha value is -2.40. The van der Waals surface area contributed by atoms with E-state index in [-0.39, 0.29) is 0 Å². The molecule has 130 valence electrons. The van der Waals surface area contributed by atoms with Crippen molar-refractivity contribution in [3.63, 3.8) is 0 Å². The highest BCUT2D eigenvalue weighted by molar-refractivity contribution is 5.82. The summed E-state index contributed by atoms with van der Waals surface area (Å²) in [6.07, 6.45) is 10.7. The molecule has 0 unspecified atom stereocenters. The van der Waals surface area contributed by atoms with E-state index in [0.717, 1.165) is 25.0 Å². The van der Waals surface area contributed by atoms with Gasteiger partial charge in [-0.25, -0.2) is 9.97 Å². The molecule has 5 heteroatoms. The molecule has 5 nitrogen and oxygen atoms in total. The van der Waals surface area contributed by atoms with Gasteiger partial charge in [0, 0.05) is 48.6 Å². The zero-order valence-electron chi connectivity index (χ0n) is 14.4. The number of anilines is 1. The number of nitrogens with one attached hydrogen (secondary N) is 3. The second kappa shape index (κ2) is 7.66. The number of rotatable bonds is 6. The minimum Gasteiger partial charge on any atom is -0.361 e. The van der Waals surface area contributed by atoms with E-state index < -0.39 is 0 Å². The Bertz CT molecular complexity index is 790. The first-order valence-corrected chi connectivity index (χ1v) is 9.18. The number of aromatic amines is 1. The molecule has 0 aliphatic heterocycles. The van der Waals surface area contributed by atoms with Crippen LogP contribution in [0.2, 0.25) is 0 Å². The first kappa shape index (κ1) is 16.1. The second-order valence-corrected chi connectivity index (χ2v) is 6.91. The molecule has 1 fully saturated rings. The van der Waals surface area contributed by atoms with Crippen LogP contribution in [0.25, 0.3) is 10.9 Å². The molecule has 0 amide bonds. The van der Waals surface area contributed by atoms with E-state index in [4.69, 9.17) is 0 Å². The van der Waals surface area contributed by atoms with Gasteiger partial charge in [-0.15, -0.1) is 0 Å². The third-order valence-corrected chi connectivity index (χ3v) is 5.22. The van der Waals surface area contributed by atoms with Crippen LogP contribution < -0.4 is 10.6 Å². The van der Waals surface area contributed by atoms with Gasteiger partial charge in [0.1, 0.15) is 0 Å². The quantitative estimate of drug-likeness (QED) is 0.642. The Balaban J connectivity index is 1.22. The molecule has 0 spiro atoms. The lowest BCUT2D eigenvalue weighted by Gasteiger charge is -2.29. The van der Waals surface area contributed by atoms with Gasteiger partial charge in [0.15, 0.2) is 0 Å². The highest BCUT2D eigenvalue weighted by atomic mass is 15.1. The van der Waals surface area contributed by atoms with Crippen molar-refractivity contribution in [2.75, 3.05) is 11.9 Å². The van der Waals surface area contributed by atoms with E-state index in [2.05, 4.69) is 56.0 Å². The third kappa shape index (κ3) is 3.99. The molecule has 1 saturated carbocycles. The molecule has 1 aliphatic rings. The molecule has 1 aromatic carbocycles. The Morgan fingerprint density at radius 2 is 1.80 bits per heavy atom. The maximum Gasteiger partial charge on any atom is 0.222 e. The van der Waals surface area contributed by atoms with Crippen LogP contribution >= 0.6 is 0 Å². The summed E-state index contributed by atoms with van der Waals surface area (Å²) in [4.78, 5) is 11.8. The average molecular weight is 335 g/mol. The first-order chi connectivity index (χ1) is 12.4. The van der Waals surface area contributed by atoms with Gasteiger partial charge in [-0.1, -0.05) is 18.2 Å². The number of hydrogen-bond donors (Lipinski definition) is 3. The van der Waals surface area contributed by atoms with Gasteiger partial charge < -0.3 is 15.6 Å². The fourth-order valence-corrected chi connectivity index (χ4v) is 3.73. The standard InChI is InChI=1S/C20H25N5/c1-2-5-19-18(4-1)16(14-24-19)13-23-17-8-6-15(7-9-17)12-25-20-21-10-3-11-22-20/h1-5,10-11,14-15,17,23-24H,6-9,12-13H2,(H,21,22,25). The van der Waals surface area contributed by atoms with E-state index in [0.29, 0.717) is 6.04 Å². The van der Waals surface area contributed by atoms with Crippen molar-refractivity contribution < 1.29 is 0 Å². The molecule has 0 bridgehead atoms. The predicted octanol–water partition coefficient (Wildman–Crippen LogP) is 3.72. The summed E-state index contributed by atoms with van der Waals surface area (Å²) in [5.74, 6) is 1.46. The molecule has 3 aromatic rings. The topological polar surface area (TPSA) is 65.6 Å². The summed E-state index contributed by atoms with van der Waals surface area (Å²) >= 11 is 0. The van der Waals surface area contributed by atoms with Gasteiger partial charge in [0.05, 0.1) is 0 Å². The van der Waals surface area contributed by atoms with Crippen LogP contribution in [0.5, 0.6) is 0 Å². The van der Waals surface area contributed by atoms with Crippen molar-refractivity contribution in [2.24, 2.45) is 5.92 Å². The molecule has 25 heavy (non-hydrogen) atoms. The SMILES string of the molecule is c1cnc(NCC2CCC(NCc3c[nH]c4ccccc34)CC2)nc1. The minimum absolute atomic E-state index is 0.623. The monoisotopic (exact) mass is 335 g/mol. The predicted molar refractivity (Wildman–Crippen MR) is 101 cm³/mol. The maximum atomic E-state index is 4.22. The molecule has 2 heterocycles. The summed E-state index contributed by atoms with van der Waals surface area (Å²) in [5.41, 5.74) is 2.58. The number of fused-ring (bicyclic) bond motifs is 1. The fraction of sp³-hybridized carbons (Fsp3) is 0.400. The van der Waals surface area contributed by atoms with Crippen LogP contribution in [-0.4, -0.2) is 27.5 Å². The fourth-order valence-electron chi connectivity index (χ4n) is 3.73. The molecular weight excluding hydrogens is 310 g/mol. The van der Waals surface area contributed by atoms with Crippen molar-refractivity contribution in [1.29, 1.82) is 0 Å². The van der Waals surface area contributed by atoms with E-state index in [1.165, 1.54) is 42.1 Å². The van der Waals surface area contributed by atoms with Crippen molar-refractivity contribution in [3.05, 3.63) is 54.5 Å². The molecular formula is C20H25N5. The van der Waals surface area contributed by atoms with Gasteiger partial charge in [-0.2, -0.15) is 0 Å². The Morgan fingerprint density at radius 1 is 1.00 bits per heavy atom. The summed E-state index contributed by atoms with van der Waals surface area (Å²) < 4.78 is 0. The number of aromatic nitrogens is 3. The molecule has 3 N–H and O–H groups in total. The smallest absolute Gasteiger partial charge is 0.222 e. The summed E-state index contributed by atoms with van der Waals surface area (Å²) in [5, 5.41) is 8.43. The lowest BCUT2D eigenvalue weighted by atomic mass is 9.86. The van der Waals surface area contributed by atoms with Crippen LogP contribution in [0.15, 0.2) is 48.9 Å². The highest BCUT2D eigenvalue weighted by Gasteiger charge is 2.21. The van der Waals surface area contributed by atoms with E-state index in [9.17, 15) is 0 Å². The van der Waals surface area contributed by atoms with Crippen molar-refractivity contribution >= 4 is 16.9 Å². The van der Waals surface area contributed by atoms with Crippen LogP contribution in [0.1, 0.15) is 31.2 Å². The first-order valence-electron chi connectivity index (χ1n) is 9.18. The maximum absolute atomic E-state index is 4.22. The summed E-state index contributed by atoms with van der Waals surface area (Å²) in [6, 6.07) is 11.0. The van der Waals surface area contributed by atoms with Crippen molar-refractivity contribution in [3.8, 4) is 0 Å². The van der Waals surface area contributed by atoms with Gasteiger partial charge in [-0.3, -0.25) is 0 Å². The number of hydrogen-bond acceptors (Lipinski definition) is 4. The van der Waals surface area contributed by atoms with Crippen LogP contribution in [0.4, 0.5) is 5.95 Å². The van der Waals surface area contributed by atoms with Gasteiger partial charge in [0.25, 0.3) is 0 Å². The lowest BCUT2D eigenvalue weighted by molar-refractivity contribution is 0.300. The molecule has 0 radical (unpaired) electrons. The lowest BCUT2D eigenvalue weighted by Crippen LogP contribution is -2.34. The summed E-state index contributed by atoms with van der Waals surface area (Å²) in [7, 11) is 0. The number of benzene rings is 1. The molecule has 0 atom stereocenters. The van der Waals surface area contributed by atoms with Crippen LogP contribution in [0.3, 0.4) is 0 Å². The van der Waals surface area contributed by atoms with Gasteiger partial charge in [0.2, 0.25) is 5.95 Å². The Kier molecular flexibility index (Phi) is 4.93. The Labute approximate surface area is 148 Å². The third-order valence-electron chi connectivity index (χ3n) is 5.22. The van der Waals surface area contributed by atoms with E-state index in [1.54, 1.807) is 12.4 Å². The van der Waals surface area contributed by atoms with Crippen molar-refractivity contribution in [2.45, 2.75) is 38.3 Å². The number of para-hydroxylation sites is 1. The highest BCUT2D eigenvalue weighted by Crippen LogP contribution is 2.25. The average Bonchev–Trinajstić information content (AvgIpc) is 3.10. The minimum atomic E-state index is 0.623. The van der Waals surface area contributed by atoms with Crippen LogP contribution in [-0.2, 0) is 6.54 Å². The molecule has 1 aliphatic carbocycles. The van der Waals surface area contributed by atoms with E-state index >= 15 is 0 Å².